The molecule has 0 bridgehead atoms. The molecule has 9 heteroatoms. The van der Waals surface area contributed by atoms with Crippen molar-refractivity contribution in [3.05, 3.63) is 75.3 Å². The summed E-state index contributed by atoms with van der Waals surface area (Å²) in [6.45, 7) is 0.724. The van der Waals surface area contributed by atoms with Crippen molar-refractivity contribution in [2.75, 3.05) is 11.9 Å². The van der Waals surface area contributed by atoms with E-state index in [4.69, 9.17) is 16.0 Å². The summed E-state index contributed by atoms with van der Waals surface area (Å²) in [5, 5.41) is 4.21. The van der Waals surface area contributed by atoms with Crippen molar-refractivity contribution in [3.63, 3.8) is 0 Å². The number of rotatable bonds is 7. The van der Waals surface area contributed by atoms with Gasteiger partial charge in [0.2, 0.25) is 5.91 Å². The number of hydrogen-bond acceptors (Lipinski definition) is 4. The second-order valence-corrected chi connectivity index (χ2v) is 7.51. The van der Waals surface area contributed by atoms with Crippen LogP contribution in [0.1, 0.15) is 16.2 Å². The smallest absolute Gasteiger partial charge is 0.418 e. The van der Waals surface area contributed by atoms with E-state index >= 15 is 0 Å². The number of carbonyl (C=O) groups excluding carboxylic acids is 1. The van der Waals surface area contributed by atoms with Crippen LogP contribution in [0.25, 0.3) is 0 Å². The molecular formula is C19H16ClF3N2O2S. The molecule has 0 saturated heterocycles. The summed E-state index contributed by atoms with van der Waals surface area (Å²) in [6.07, 6.45) is -3.10. The fraction of sp³-hybridized carbons (Fsp3) is 0.211. The molecule has 0 aliphatic carbocycles. The van der Waals surface area contributed by atoms with Crippen LogP contribution in [0.15, 0.2) is 58.5 Å². The number of benzene rings is 1. The van der Waals surface area contributed by atoms with E-state index in [0.29, 0.717) is 18.8 Å². The van der Waals surface area contributed by atoms with Gasteiger partial charge in [0.1, 0.15) is 5.76 Å². The van der Waals surface area contributed by atoms with E-state index in [-0.39, 0.29) is 17.3 Å². The molecule has 1 N–H and O–H groups in total. The van der Waals surface area contributed by atoms with Crippen molar-refractivity contribution >= 4 is 34.5 Å². The first kappa shape index (κ1) is 20.4. The Morgan fingerprint density at radius 1 is 1.18 bits per heavy atom. The predicted molar refractivity (Wildman–Crippen MR) is 102 cm³/mol. The Balaban J connectivity index is 1.73. The molecule has 2 heterocycles. The van der Waals surface area contributed by atoms with Gasteiger partial charge in [-0.2, -0.15) is 13.2 Å². The van der Waals surface area contributed by atoms with E-state index in [0.717, 1.165) is 17.0 Å². The molecule has 0 saturated carbocycles. The lowest BCUT2D eigenvalue weighted by Gasteiger charge is -2.21. The van der Waals surface area contributed by atoms with Gasteiger partial charge in [0.15, 0.2) is 0 Å². The van der Waals surface area contributed by atoms with Crippen molar-refractivity contribution < 1.29 is 22.4 Å². The topological polar surface area (TPSA) is 45.5 Å². The molecule has 0 fully saturated rings. The zero-order valence-corrected chi connectivity index (χ0v) is 16.1. The number of nitrogens with zero attached hydrogens (tertiary/aromatic N) is 1. The Hall–Kier alpha value is -2.29. The van der Waals surface area contributed by atoms with Gasteiger partial charge in [-0.15, -0.1) is 11.3 Å². The van der Waals surface area contributed by atoms with Crippen LogP contribution in [-0.2, 0) is 24.1 Å². The van der Waals surface area contributed by atoms with Crippen molar-refractivity contribution in [1.82, 2.24) is 4.90 Å². The van der Waals surface area contributed by atoms with Gasteiger partial charge in [0, 0.05) is 16.4 Å². The first-order valence-electron chi connectivity index (χ1n) is 8.25. The number of furan rings is 1. The van der Waals surface area contributed by atoms with Crippen LogP contribution < -0.4 is 5.32 Å². The van der Waals surface area contributed by atoms with Crippen LogP contribution >= 0.6 is 22.9 Å². The predicted octanol–water partition coefficient (Wildman–Crippen LogP) is 5.65. The van der Waals surface area contributed by atoms with Gasteiger partial charge in [-0.3, -0.25) is 9.69 Å². The molecule has 28 heavy (non-hydrogen) atoms. The normalized spacial score (nSPS) is 11.8. The van der Waals surface area contributed by atoms with Gasteiger partial charge < -0.3 is 9.73 Å². The molecule has 2 aromatic heterocycles. The van der Waals surface area contributed by atoms with Gasteiger partial charge in [0.05, 0.1) is 30.6 Å². The number of alkyl halides is 3. The van der Waals surface area contributed by atoms with E-state index < -0.39 is 17.6 Å². The first-order valence-corrected chi connectivity index (χ1v) is 9.51. The monoisotopic (exact) mass is 428 g/mol. The minimum Gasteiger partial charge on any atom is -0.468 e. The lowest BCUT2D eigenvalue weighted by atomic mass is 10.1. The highest BCUT2D eigenvalue weighted by molar-refractivity contribution is 7.09. The van der Waals surface area contributed by atoms with Crippen LogP contribution in [0.4, 0.5) is 18.9 Å². The number of halogens is 4. The van der Waals surface area contributed by atoms with Crippen molar-refractivity contribution in [1.29, 1.82) is 0 Å². The Morgan fingerprint density at radius 3 is 2.64 bits per heavy atom. The zero-order chi connectivity index (χ0) is 20.1. The Morgan fingerprint density at radius 2 is 2.00 bits per heavy atom. The summed E-state index contributed by atoms with van der Waals surface area (Å²) < 4.78 is 45.0. The molecule has 148 valence electrons. The Bertz CT molecular complexity index is 876. The summed E-state index contributed by atoms with van der Waals surface area (Å²) in [4.78, 5) is 15.3. The molecule has 0 unspecified atom stereocenters. The molecule has 0 atom stereocenters. The number of anilines is 1. The van der Waals surface area contributed by atoms with Crippen LogP contribution in [0.3, 0.4) is 0 Å². The maximum atomic E-state index is 13.2. The molecule has 0 aliphatic rings. The van der Waals surface area contributed by atoms with Gasteiger partial charge in [-0.05, 0) is 41.8 Å². The van der Waals surface area contributed by atoms with Crippen molar-refractivity contribution in [2.45, 2.75) is 19.3 Å². The molecule has 1 aromatic carbocycles. The fourth-order valence-corrected chi connectivity index (χ4v) is 3.58. The maximum absolute atomic E-state index is 13.2. The second kappa shape index (κ2) is 8.81. The highest BCUT2D eigenvalue weighted by atomic mass is 35.5. The molecule has 1 amide bonds. The average molecular weight is 429 g/mol. The number of thiophene rings is 1. The van der Waals surface area contributed by atoms with Crippen LogP contribution in [0.5, 0.6) is 0 Å². The third kappa shape index (κ3) is 5.60. The highest BCUT2D eigenvalue weighted by Gasteiger charge is 2.34. The quantitative estimate of drug-likeness (QED) is 0.528. The van der Waals surface area contributed by atoms with Gasteiger partial charge in [-0.25, -0.2) is 0 Å². The SMILES string of the molecule is O=C(CN(Cc1ccco1)Cc1cccs1)Nc1ccc(Cl)cc1C(F)(F)F. The molecule has 0 spiro atoms. The van der Waals surface area contributed by atoms with Crippen molar-refractivity contribution in [2.24, 2.45) is 0 Å². The minimum atomic E-state index is -4.63. The maximum Gasteiger partial charge on any atom is 0.418 e. The molecule has 4 nitrogen and oxygen atoms in total. The summed E-state index contributed by atoms with van der Waals surface area (Å²) in [6, 6.07) is 10.6. The Labute approximate surface area is 168 Å². The number of nitrogens with one attached hydrogen (secondary N) is 1. The fourth-order valence-electron chi connectivity index (χ4n) is 2.67. The molecule has 0 radical (unpaired) electrons. The lowest BCUT2D eigenvalue weighted by molar-refractivity contribution is -0.137. The van der Waals surface area contributed by atoms with Gasteiger partial charge >= 0.3 is 6.18 Å². The van der Waals surface area contributed by atoms with Crippen LogP contribution in [0.2, 0.25) is 5.02 Å². The van der Waals surface area contributed by atoms with E-state index in [2.05, 4.69) is 5.32 Å². The van der Waals surface area contributed by atoms with Crippen LogP contribution in [-0.4, -0.2) is 17.4 Å². The zero-order valence-electron chi connectivity index (χ0n) is 14.5. The van der Waals surface area contributed by atoms with Crippen LogP contribution in [0, 0.1) is 0 Å². The average Bonchev–Trinajstić information content (AvgIpc) is 3.29. The third-order valence-electron chi connectivity index (χ3n) is 3.85. The number of carbonyl (C=O) groups is 1. The lowest BCUT2D eigenvalue weighted by Crippen LogP contribution is -2.32. The molecule has 0 aliphatic heterocycles. The summed E-state index contributed by atoms with van der Waals surface area (Å²) in [5.74, 6) is 0.0998. The summed E-state index contributed by atoms with van der Waals surface area (Å²) in [7, 11) is 0. The second-order valence-electron chi connectivity index (χ2n) is 6.04. The molecule has 3 rings (SSSR count). The van der Waals surface area contributed by atoms with Crippen molar-refractivity contribution in [3.8, 4) is 0 Å². The minimum absolute atomic E-state index is 0.0533. The molecular weight excluding hydrogens is 413 g/mol. The summed E-state index contributed by atoms with van der Waals surface area (Å²) in [5.41, 5.74) is -1.31. The van der Waals surface area contributed by atoms with Gasteiger partial charge in [-0.1, -0.05) is 17.7 Å². The third-order valence-corrected chi connectivity index (χ3v) is 4.94. The molecule has 3 aromatic rings. The van der Waals surface area contributed by atoms with E-state index in [1.54, 1.807) is 17.0 Å². The number of amides is 1. The van der Waals surface area contributed by atoms with E-state index in [1.165, 1.54) is 23.7 Å². The largest absolute Gasteiger partial charge is 0.468 e. The van der Waals surface area contributed by atoms with E-state index in [1.807, 2.05) is 17.5 Å². The number of hydrogen-bond donors (Lipinski definition) is 1. The standard InChI is InChI=1S/C19H16ClF3N2O2S/c20-13-5-6-17(16(9-13)19(21,22)23)24-18(26)12-25(10-14-3-1-7-27-14)11-15-4-2-8-28-15/h1-9H,10-12H2,(H,24,26). The first-order chi connectivity index (χ1) is 13.3. The Kier molecular flexibility index (Phi) is 6.43. The highest BCUT2D eigenvalue weighted by Crippen LogP contribution is 2.36. The summed E-state index contributed by atoms with van der Waals surface area (Å²) >= 11 is 7.21. The van der Waals surface area contributed by atoms with E-state index in [9.17, 15) is 18.0 Å². The van der Waals surface area contributed by atoms with Gasteiger partial charge in [0.25, 0.3) is 0 Å².